The summed E-state index contributed by atoms with van der Waals surface area (Å²) in [6, 6.07) is 7.61. The number of carbonyl (C=O) groups is 1. The van der Waals surface area contributed by atoms with Crippen LogP contribution in [0.3, 0.4) is 0 Å². The first-order valence-electron chi connectivity index (χ1n) is 9.59. The molecule has 0 atom stereocenters. The van der Waals surface area contributed by atoms with Crippen molar-refractivity contribution in [3.05, 3.63) is 24.3 Å². The molecule has 27 heavy (non-hydrogen) atoms. The Bertz CT molecular complexity index is 596. The van der Waals surface area contributed by atoms with Gasteiger partial charge in [0.2, 0.25) is 5.91 Å². The van der Waals surface area contributed by atoms with Crippen LogP contribution in [-0.2, 0) is 4.79 Å². The van der Waals surface area contributed by atoms with Crippen LogP contribution in [-0.4, -0.2) is 64.2 Å². The first kappa shape index (κ1) is 20.9. The third kappa shape index (κ3) is 7.00. The van der Waals surface area contributed by atoms with Gasteiger partial charge in [0.25, 0.3) is 0 Å². The highest BCUT2D eigenvalue weighted by Crippen LogP contribution is 2.20. The van der Waals surface area contributed by atoms with Crippen molar-refractivity contribution in [2.45, 2.75) is 25.7 Å². The summed E-state index contributed by atoms with van der Waals surface area (Å²) in [6.07, 6.45) is 3.56. The highest BCUT2D eigenvalue weighted by atomic mass is 16.5. The Hall–Kier alpha value is -2.44. The normalized spacial score (nSPS) is 15.4. The molecule has 0 bridgehead atoms. The van der Waals surface area contributed by atoms with Crippen LogP contribution < -0.4 is 20.1 Å². The Morgan fingerprint density at radius 2 is 1.89 bits per heavy atom. The number of amides is 1. The smallest absolute Gasteiger partial charge is 0.220 e. The van der Waals surface area contributed by atoms with Crippen LogP contribution in [0, 0.1) is 5.92 Å². The number of ether oxygens (including phenoxy) is 2. The zero-order chi connectivity index (χ0) is 19.5. The van der Waals surface area contributed by atoms with Gasteiger partial charge in [-0.3, -0.25) is 9.79 Å². The summed E-state index contributed by atoms with van der Waals surface area (Å²) in [5.74, 6) is 3.20. The summed E-state index contributed by atoms with van der Waals surface area (Å²) >= 11 is 0. The third-order valence-corrected chi connectivity index (χ3v) is 4.81. The number of piperidine rings is 1. The lowest BCUT2D eigenvalue weighted by molar-refractivity contribution is -0.121. The summed E-state index contributed by atoms with van der Waals surface area (Å²) in [5.41, 5.74) is 0. The van der Waals surface area contributed by atoms with Crippen LogP contribution in [0.15, 0.2) is 29.3 Å². The molecule has 1 aliphatic rings. The fourth-order valence-electron chi connectivity index (χ4n) is 3.18. The van der Waals surface area contributed by atoms with Crippen molar-refractivity contribution >= 4 is 11.9 Å². The first-order chi connectivity index (χ1) is 13.2. The maximum absolute atomic E-state index is 11.5. The summed E-state index contributed by atoms with van der Waals surface area (Å²) in [5, 5.41) is 6.12. The van der Waals surface area contributed by atoms with Gasteiger partial charge >= 0.3 is 0 Å². The fraction of sp³-hybridized carbons (Fsp3) is 0.600. The molecule has 1 saturated heterocycles. The fourth-order valence-corrected chi connectivity index (χ4v) is 3.18. The van der Waals surface area contributed by atoms with Gasteiger partial charge in [0, 0.05) is 40.2 Å². The molecule has 7 heteroatoms. The Kier molecular flexibility index (Phi) is 8.74. The van der Waals surface area contributed by atoms with Gasteiger partial charge in [-0.25, -0.2) is 0 Å². The number of carbonyl (C=O) groups excluding carboxylic acids is 1. The summed E-state index contributed by atoms with van der Waals surface area (Å²) in [4.78, 5) is 18.2. The minimum absolute atomic E-state index is 0.132. The Balaban J connectivity index is 1.63. The summed E-state index contributed by atoms with van der Waals surface area (Å²) in [6.45, 7) is 3.32. The van der Waals surface area contributed by atoms with Crippen LogP contribution in [0.1, 0.15) is 25.7 Å². The van der Waals surface area contributed by atoms with Gasteiger partial charge in [-0.2, -0.15) is 0 Å². The molecular weight excluding hydrogens is 344 g/mol. The number of hydrogen-bond acceptors (Lipinski definition) is 4. The lowest BCUT2D eigenvalue weighted by Gasteiger charge is -2.34. The average molecular weight is 377 g/mol. The number of nitrogens with zero attached hydrogens (tertiary/aromatic N) is 2. The van der Waals surface area contributed by atoms with Crippen molar-refractivity contribution in [3.63, 3.8) is 0 Å². The van der Waals surface area contributed by atoms with Gasteiger partial charge in [0.05, 0.1) is 13.7 Å². The molecule has 1 amide bonds. The molecule has 1 fully saturated rings. The van der Waals surface area contributed by atoms with Gasteiger partial charge in [-0.15, -0.1) is 0 Å². The molecule has 0 aliphatic carbocycles. The Morgan fingerprint density at radius 1 is 1.22 bits per heavy atom. The number of hydrogen-bond donors (Lipinski definition) is 2. The van der Waals surface area contributed by atoms with Gasteiger partial charge in [-0.05, 0) is 49.4 Å². The number of likely N-dealkylation sites (tertiary alicyclic amines) is 1. The van der Waals surface area contributed by atoms with Crippen molar-refractivity contribution in [2.24, 2.45) is 10.9 Å². The average Bonchev–Trinajstić information content (AvgIpc) is 2.72. The molecule has 1 aliphatic heterocycles. The van der Waals surface area contributed by atoms with Gasteiger partial charge < -0.3 is 25.0 Å². The van der Waals surface area contributed by atoms with E-state index in [9.17, 15) is 4.79 Å². The van der Waals surface area contributed by atoms with Crippen molar-refractivity contribution in [3.8, 4) is 11.5 Å². The van der Waals surface area contributed by atoms with Crippen molar-refractivity contribution in [1.82, 2.24) is 15.5 Å². The van der Waals surface area contributed by atoms with Gasteiger partial charge in [0.15, 0.2) is 5.96 Å². The number of aliphatic imine (C=N–C) groups is 1. The van der Waals surface area contributed by atoms with E-state index in [4.69, 9.17) is 9.47 Å². The first-order valence-corrected chi connectivity index (χ1v) is 9.59. The predicted molar refractivity (Wildman–Crippen MR) is 107 cm³/mol. The van der Waals surface area contributed by atoms with E-state index >= 15 is 0 Å². The van der Waals surface area contributed by atoms with Crippen LogP contribution in [0.5, 0.6) is 11.5 Å². The molecule has 1 aromatic rings. The molecule has 0 saturated carbocycles. The molecule has 2 N–H and O–H groups in total. The van der Waals surface area contributed by atoms with E-state index in [0.29, 0.717) is 18.9 Å². The number of rotatable bonds is 8. The molecule has 150 valence electrons. The highest BCUT2D eigenvalue weighted by molar-refractivity contribution is 5.80. The van der Waals surface area contributed by atoms with E-state index in [2.05, 4.69) is 20.5 Å². The SMILES string of the molecule is CN=C(NCCCOc1ccc(OC)cc1)N1CCC(CC(=O)NC)CC1. The lowest BCUT2D eigenvalue weighted by Crippen LogP contribution is -2.46. The van der Waals surface area contributed by atoms with Crippen LogP contribution in [0.2, 0.25) is 0 Å². The summed E-state index contributed by atoms with van der Waals surface area (Å²) in [7, 11) is 5.16. The van der Waals surface area contributed by atoms with Gasteiger partial charge in [0.1, 0.15) is 11.5 Å². The molecule has 0 aromatic heterocycles. The van der Waals surface area contributed by atoms with E-state index in [1.807, 2.05) is 31.3 Å². The molecule has 0 radical (unpaired) electrons. The molecule has 2 rings (SSSR count). The van der Waals surface area contributed by atoms with E-state index in [0.717, 1.165) is 56.4 Å². The van der Waals surface area contributed by atoms with E-state index in [1.54, 1.807) is 14.2 Å². The van der Waals surface area contributed by atoms with E-state index in [1.165, 1.54) is 0 Å². The number of methoxy groups -OCH3 is 1. The van der Waals surface area contributed by atoms with Gasteiger partial charge in [-0.1, -0.05) is 0 Å². The van der Waals surface area contributed by atoms with Crippen molar-refractivity contribution < 1.29 is 14.3 Å². The molecule has 1 aromatic carbocycles. The largest absolute Gasteiger partial charge is 0.497 e. The minimum Gasteiger partial charge on any atom is -0.497 e. The van der Waals surface area contributed by atoms with Crippen LogP contribution in [0.25, 0.3) is 0 Å². The number of benzene rings is 1. The second kappa shape index (κ2) is 11.3. The quantitative estimate of drug-likeness (QED) is 0.412. The monoisotopic (exact) mass is 376 g/mol. The van der Waals surface area contributed by atoms with Crippen molar-refractivity contribution in [2.75, 3.05) is 47.4 Å². The zero-order valence-electron chi connectivity index (χ0n) is 16.7. The van der Waals surface area contributed by atoms with E-state index in [-0.39, 0.29) is 5.91 Å². The molecular formula is C20H32N4O3. The van der Waals surface area contributed by atoms with Crippen molar-refractivity contribution in [1.29, 1.82) is 0 Å². The molecule has 0 spiro atoms. The number of nitrogens with one attached hydrogen (secondary N) is 2. The minimum atomic E-state index is 0.132. The van der Waals surface area contributed by atoms with Crippen LogP contribution >= 0.6 is 0 Å². The van der Waals surface area contributed by atoms with E-state index < -0.39 is 0 Å². The third-order valence-electron chi connectivity index (χ3n) is 4.81. The maximum Gasteiger partial charge on any atom is 0.220 e. The Labute approximate surface area is 162 Å². The standard InChI is InChI=1S/C20H32N4O3/c1-21-19(25)15-16-9-12-24(13-10-16)20(22-2)23-11-4-14-27-18-7-5-17(26-3)6-8-18/h5-8,16H,4,9-15H2,1-3H3,(H,21,25)(H,22,23). The summed E-state index contributed by atoms with van der Waals surface area (Å²) < 4.78 is 10.9. The second-order valence-electron chi connectivity index (χ2n) is 6.66. The maximum atomic E-state index is 11.5. The topological polar surface area (TPSA) is 75.2 Å². The Morgan fingerprint density at radius 3 is 2.48 bits per heavy atom. The zero-order valence-corrected chi connectivity index (χ0v) is 16.7. The highest BCUT2D eigenvalue weighted by Gasteiger charge is 2.22. The molecule has 7 nitrogen and oxygen atoms in total. The second-order valence-corrected chi connectivity index (χ2v) is 6.66. The molecule has 1 heterocycles. The molecule has 0 unspecified atom stereocenters. The predicted octanol–water partition coefficient (Wildman–Crippen LogP) is 1.89. The number of guanidine groups is 1. The lowest BCUT2D eigenvalue weighted by atomic mass is 9.93. The van der Waals surface area contributed by atoms with Crippen LogP contribution in [0.4, 0.5) is 0 Å².